The molecule has 1 aliphatic heterocycles. The van der Waals surface area contributed by atoms with Gasteiger partial charge in [0.15, 0.2) is 0 Å². The summed E-state index contributed by atoms with van der Waals surface area (Å²) in [6.45, 7) is 2.30. The Morgan fingerprint density at radius 1 is 1.08 bits per heavy atom. The molecule has 0 amide bonds. The molecule has 2 aromatic rings. The third kappa shape index (κ3) is 3.78. The standard InChI is InChI=1S/C22H27NO.BrH/c1-24-21-11-5-9-19(15-21)22-12-6-10-20(16-22)23(14-13-22)17-18-7-3-2-4-8-18;/h2-5,7-9,11,15,20H,6,10,12-14,16-17H2,1H3;1H/t20-,22+;/m1./s1. The molecule has 25 heavy (non-hydrogen) atoms. The van der Waals surface area contributed by atoms with E-state index in [0.717, 1.165) is 18.3 Å². The van der Waals surface area contributed by atoms with Crippen molar-refractivity contribution < 1.29 is 4.74 Å². The Balaban J connectivity index is 0.00000182. The molecule has 3 heteroatoms. The highest BCUT2D eigenvalue weighted by atomic mass is 79.9. The Hall–Kier alpha value is -1.32. The Kier molecular flexibility index (Phi) is 5.85. The number of benzene rings is 2. The average molecular weight is 402 g/mol. The highest BCUT2D eigenvalue weighted by Crippen LogP contribution is 2.47. The zero-order valence-corrected chi connectivity index (χ0v) is 16.7. The monoisotopic (exact) mass is 401 g/mol. The van der Waals surface area contributed by atoms with E-state index >= 15 is 0 Å². The van der Waals surface area contributed by atoms with Crippen LogP contribution in [0.3, 0.4) is 0 Å². The van der Waals surface area contributed by atoms with Crippen LogP contribution in [0.4, 0.5) is 0 Å². The normalized spacial score (nSPS) is 25.9. The van der Waals surface area contributed by atoms with Crippen molar-refractivity contribution >= 4 is 17.0 Å². The van der Waals surface area contributed by atoms with Gasteiger partial charge in [-0.3, -0.25) is 4.90 Å². The Morgan fingerprint density at radius 3 is 2.72 bits per heavy atom. The summed E-state index contributed by atoms with van der Waals surface area (Å²) in [5.41, 5.74) is 3.30. The van der Waals surface area contributed by atoms with Gasteiger partial charge < -0.3 is 4.74 Å². The van der Waals surface area contributed by atoms with Gasteiger partial charge in [-0.15, -0.1) is 17.0 Å². The van der Waals surface area contributed by atoms with Gasteiger partial charge in [-0.05, 0) is 60.9 Å². The van der Waals surface area contributed by atoms with Crippen molar-refractivity contribution in [2.75, 3.05) is 13.7 Å². The van der Waals surface area contributed by atoms with Gasteiger partial charge in [-0.1, -0.05) is 48.9 Å². The van der Waals surface area contributed by atoms with Crippen LogP contribution in [0.5, 0.6) is 5.75 Å². The number of methoxy groups -OCH3 is 1. The van der Waals surface area contributed by atoms with Crippen LogP contribution in [-0.4, -0.2) is 24.6 Å². The van der Waals surface area contributed by atoms with E-state index in [1.54, 1.807) is 7.11 Å². The van der Waals surface area contributed by atoms with E-state index in [2.05, 4.69) is 59.5 Å². The maximum Gasteiger partial charge on any atom is 0.119 e. The quantitative estimate of drug-likeness (QED) is 0.683. The van der Waals surface area contributed by atoms with E-state index in [1.165, 1.54) is 49.8 Å². The second-order valence-corrected chi connectivity index (χ2v) is 7.47. The summed E-state index contributed by atoms with van der Waals surface area (Å²) < 4.78 is 5.47. The van der Waals surface area contributed by atoms with E-state index in [-0.39, 0.29) is 17.0 Å². The molecule has 0 unspecified atom stereocenters. The second kappa shape index (κ2) is 7.92. The number of ether oxygens (including phenoxy) is 1. The number of nitrogens with zero attached hydrogens (tertiary/aromatic N) is 1. The molecule has 1 saturated heterocycles. The van der Waals surface area contributed by atoms with Gasteiger partial charge in [-0.25, -0.2) is 0 Å². The third-order valence-electron chi connectivity index (χ3n) is 6.12. The predicted octanol–water partition coefficient (Wildman–Crippen LogP) is 5.36. The van der Waals surface area contributed by atoms with Crippen molar-refractivity contribution in [2.45, 2.75) is 50.1 Å². The Labute approximate surface area is 162 Å². The summed E-state index contributed by atoms with van der Waals surface area (Å²) in [6, 6.07) is 20.5. The van der Waals surface area contributed by atoms with E-state index in [1.807, 2.05) is 0 Å². The van der Waals surface area contributed by atoms with Crippen molar-refractivity contribution in [3.8, 4) is 5.75 Å². The lowest BCUT2D eigenvalue weighted by Crippen LogP contribution is -2.51. The van der Waals surface area contributed by atoms with E-state index < -0.39 is 0 Å². The minimum atomic E-state index is 0. The van der Waals surface area contributed by atoms with Gasteiger partial charge in [0.05, 0.1) is 7.11 Å². The minimum Gasteiger partial charge on any atom is -0.497 e. The van der Waals surface area contributed by atoms with Crippen molar-refractivity contribution in [3.05, 3.63) is 65.7 Å². The van der Waals surface area contributed by atoms with Gasteiger partial charge in [0, 0.05) is 12.6 Å². The first kappa shape index (κ1) is 18.5. The molecule has 4 rings (SSSR count). The third-order valence-corrected chi connectivity index (χ3v) is 6.12. The molecule has 0 radical (unpaired) electrons. The summed E-state index contributed by atoms with van der Waals surface area (Å²) in [6.07, 6.45) is 6.58. The summed E-state index contributed by atoms with van der Waals surface area (Å²) in [5, 5.41) is 0. The van der Waals surface area contributed by atoms with Crippen LogP contribution in [0.25, 0.3) is 0 Å². The fourth-order valence-corrected chi connectivity index (χ4v) is 4.80. The molecule has 2 aliphatic rings. The van der Waals surface area contributed by atoms with E-state index in [4.69, 9.17) is 4.74 Å². The molecule has 1 aliphatic carbocycles. The van der Waals surface area contributed by atoms with Gasteiger partial charge in [0.25, 0.3) is 0 Å². The molecule has 134 valence electrons. The highest BCUT2D eigenvalue weighted by Gasteiger charge is 2.43. The number of likely N-dealkylation sites (tertiary alicyclic amines) is 1. The van der Waals surface area contributed by atoms with Crippen LogP contribution in [0.1, 0.15) is 43.2 Å². The highest BCUT2D eigenvalue weighted by molar-refractivity contribution is 8.93. The molecular weight excluding hydrogens is 374 g/mol. The molecule has 2 aromatic carbocycles. The lowest BCUT2D eigenvalue weighted by atomic mass is 9.63. The van der Waals surface area contributed by atoms with Gasteiger partial charge >= 0.3 is 0 Å². The first-order valence-corrected chi connectivity index (χ1v) is 9.22. The molecule has 2 nitrogen and oxygen atoms in total. The summed E-state index contributed by atoms with van der Waals surface area (Å²) in [7, 11) is 1.77. The Morgan fingerprint density at radius 2 is 1.92 bits per heavy atom. The summed E-state index contributed by atoms with van der Waals surface area (Å²) >= 11 is 0. The molecule has 2 atom stereocenters. The van der Waals surface area contributed by atoms with Crippen LogP contribution in [0, 0.1) is 0 Å². The number of halogens is 1. The van der Waals surface area contributed by atoms with E-state index in [0.29, 0.717) is 5.41 Å². The first-order valence-electron chi connectivity index (χ1n) is 9.22. The number of hydrogen-bond acceptors (Lipinski definition) is 2. The number of piperidine rings is 1. The summed E-state index contributed by atoms with van der Waals surface area (Å²) in [4.78, 5) is 2.72. The van der Waals surface area contributed by atoms with Gasteiger partial charge in [0.2, 0.25) is 0 Å². The molecule has 0 N–H and O–H groups in total. The average Bonchev–Trinajstić information content (AvgIpc) is 2.65. The molecule has 2 bridgehead atoms. The molecule has 0 spiro atoms. The molecular formula is C22H28BrNO. The number of rotatable bonds is 4. The largest absolute Gasteiger partial charge is 0.497 e. The smallest absolute Gasteiger partial charge is 0.119 e. The van der Waals surface area contributed by atoms with Crippen LogP contribution in [0.15, 0.2) is 54.6 Å². The topological polar surface area (TPSA) is 12.5 Å². The minimum absolute atomic E-state index is 0. The molecule has 1 saturated carbocycles. The van der Waals surface area contributed by atoms with Crippen molar-refractivity contribution in [2.24, 2.45) is 0 Å². The van der Waals surface area contributed by atoms with Crippen LogP contribution in [0.2, 0.25) is 0 Å². The van der Waals surface area contributed by atoms with Crippen LogP contribution >= 0.6 is 17.0 Å². The fraction of sp³-hybridized carbons (Fsp3) is 0.455. The van der Waals surface area contributed by atoms with Gasteiger partial charge in [-0.2, -0.15) is 0 Å². The van der Waals surface area contributed by atoms with Crippen LogP contribution < -0.4 is 4.74 Å². The number of fused-ring (bicyclic) bond motifs is 2. The van der Waals surface area contributed by atoms with E-state index in [9.17, 15) is 0 Å². The van der Waals surface area contributed by atoms with Crippen molar-refractivity contribution in [3.63, 3.8) is 0 Å². The molecule has 2 fully saturated rings. The van der Waals surface area contributed by atoms with Crippen LogP contribution in [-0.2, 0) is 12.0 Å². The second-order valence-electron chi connectivity index (χ2n) is 7.47. The molecule has 0 aromatic heterocycles. The Bertz CT molecular complexity index is 689. The zero-order chi connectivity index (χ0) is 16.4. The van der Waals surface area contributed by atoms with Gasteiger partial charge in [0.1, 0.15) is 5.75 Å². The lowest BCUT2D eigenvalue weighted by molar-refractivity contribution is 0.0458. The van der Waals surface area contributed by atoms with Crippen molar-refractivity contribution in [1.29, 1.82) is 0 Å². The lowest BCUT2D eigenvalue weighted by Gasteiger charge is -2.51. The summed E-state index contributed by atoms with van der Waals surface area (Å²) in [5.74, 6) is 0.996. The number of hydrogen-bond donors (Lipinski definition) is 0. The maximum absolute atomic E-state index is 5.47. The zero-order valence-electron chi connectivity index (χ0n) is 15.0. The van der Waals surface area contributed by atoms with Crippen molar-refractivity contribution in [1.82, 2.24) is 4.90 Å². The molecule has 1 heterocycles. The first-order chi connectivity index (χ1) is 11.8. The predicted molar refractivity (Wildman–Crippen MR) is 109 cm³/mol. The SMILES string of the molecule is Br.COc1cccc([C@]23CCC[C@H](C2)N(Cc2ccccc2)CC3)c1. The maximum atomic E-state index is 5.47. The fourth-order valence-electron chi connectivity index (χ4n) is 4.80.